The average molecular weight is 525 g/mol. The Kier molecular flexibility index (Phi) is 8.19. The number of aliphatic carboxylic acids is 1. The molecule has 1 amide bonds. The quantitative estimate of drug-likeness (QED) is 0.268. The van der Waals surface area contributed by atoms with Crippen molar-refractivity contribution in [1.29, 1.82) is 0 Å². The van der Waals surface area contributed by atoms with E-state index in [0.29, 0.717) is 32.9 Å². The minimum atomic E-state index is -1.16. The Bertz CT molecular complexity index is 1390. The molecule has 4 aromatic rings. The van der Waals surface area contributed by atoms with Crippen LogP contribution in [0, 0.1) is 11.6 Å². The summed E-state index contributed by atoms with van der Waals surface area (Å²) in [4.78, 5) is 30.0. The number of benzene rings is 3. The highest BCUT2D eigenvalue weighted by molar-refractivity contribution is 7.98. The van der Waals surface area contributed by atoms with Crippen LogP contribution >= 0.6 is 11.8 Å². The van der Waals surface area contributed by atoms with Gasteiger partial charge in [0.05, 0.1) is 12.7 Å². The average Bonchev–Trinajstić information content (AvgIpc) is 3.41. The molecular formula is C27H22F2N2O5S. The van der Waals surface area contributed by atoms with Gasteiger partial charge in [0, 0.05) is 10.5 Å². The molecule has 37 heavy (non-hydrogen) atoms. The van der Waals surface area contributed by atoms with Crippen molar-refractivity contribution >= 4 is 23.6 Å². The van der Waals surface area contributed by atoms with Gasteiger partial charge in [0.1, 0.15) is 25.2 Å². The summed E-state index contributed by atoms with van der Waals surface area (Å²) in [6, 6.07) is 16.0. The zero-order valence-electron chi connectivity index (χ0n) is 19.7. The Morgan fingerprint density at radius 1 is 1.08 bits per heavy atom. The van der Waals surface area contributed by atoms with Crippen molar-refractivity contribution in [1.82, 2.24) is 9.88 Å². The summed E-state index contributed by atoms with van der Waals surface area (Å²) in [5, 5.41) is 9.22. The second-order valence-electron chi connectivity index (χ2n) is 7.96. The highest BCUT2D eigenvalue weighted by Gasteiger charge is 2.21. The van der Waals surface area contributed by atoms with Gasteiger partial charge < -0.3 is 19.2 Å². The van der Waals surface area contributed by atoms with Gasteiger partial charge >= 0.3 is 5.97 Å². The van der Waals surface area contributed by atoms with Crippen molar-refractivity contribution in [3.8, 4) is 16.9 Å². The van der Waals surface area contributed by atoms with Crippen molar-refractivity contribution in [2.75, 3.05) is 12.8 Å². The van der Waals surface area contributed by atoms with Crippen LogP contribution in [0.5, 0.6) is 5.75 Å². The van der Waals surface area contributed by atoms with E-state index in [1.165, 1.54) is 36.4 Å². The number of carboxylic acids is 1. The van der Waals surface area contributed by atoms with Crippen molar-refractivity contribution < 1.29 is 32.6 Å². The fraction of sp³-hybridized carbons (Fsp3) is 0.148. The summed E-state index contributed by atoms with van der Waals surface area (Å²) in [5.41, 5.74) is 2.30. The van der Waals surface area contributed by atoms with E-state index in [2.05, 4.69) is 4.98 Å². The molecule has 1 aromatic heterocycles. The van der Waals surface area contributed by atoms with Gasteiger partial charge in [-0.1, -0.05) is 24.3 Å². The second kappa shape index (κ2) is 11.7. The van der Waals surface area contributed by atoms with E-state index in [9.17, 15) is 23.5 Å². The molecule has 7 nitrogen and oxygen atoms in total. The number of rotatable bonds is 10. The van der Waals surface area contributed by atoms with Crippen LogP contribution in [0.3, 0.4) is 0 Å². The molecule has 0 aliphatic heterocycles. The highest BCUT2D eigenvalue weighted by atomic mass is 32.2. The number of carbonyl (C=O) groups excluding carboxylic acids is 1. The number of carboxylic acid groups (broad SMARTS) is 1. The minimum absolute atomic E-state index is 0.0819. The Morgan fingerprint density at radius 2 is 1.84 bits per heavy atom. The summed E-state index contributed by atoms with van der Waals surface area (Å²) in [6.07, 6.45) is 4.56. The normalized spacial score (nSPS) is 10.8. The van der Waals surface area contributed by atoms with Gasteiger partial charge in [-0.2, -0.15) is 0 Å². The fourth-order valence-corrected chi connectivity index (χ4v) is 4.27. The summed E-state index contributed by atoms with van der Waals surface area (Å²) in [7, 11) is 0. The van der Waals surface area contributed by atoms with Crippen molar-refractivity contribution in [3.05, 3.63) is 102 Å². The lowest BCUT2D eigenvalue weighted by atomic mass is 10.1. The van der Waals surface area contributed by atoms with E-state index in [1.54, 1.807) is 54.8 Å². The molecule has 4 rings (SSSR count). The molecule has 0 unspecified atom stereocenters. The summed E-state index contributed by atoms with van der Waals surface area (Å²) >= 11 is 1.32. The van der Waals surface area contributed by atoms with Crippen LogP contribution in [0.1, 0.15) is 21.8 Å². The molecular weight excluding hydrogens is 502 g/mol. The Hall–Kier alpha value is -4.18. The topological polar surface area (TPSA) is 92.9 Å². The lowest BCUT2D eigenvalue weighted by molar-refractivity contribution is -0.137. The standard InChI is InChI=1S/C27H22F2N2O5S/c1-37-24-13-23(29)22(28)12-21(24)18-5-7-20(8-6-18)36-16-17-3-2-4-19(11-17)27(34)31(15-26(32)33)14-25-30-9-10-35-25/h2-13H,14-16H2,1H3,(H,32,33). The minimum Gasteiger partial charge on any atom is -0.489 e. The summed E-state index contributed by atoms with van der Waals surface area (Å²) in [5.74, 6) is -2.67. The van der Waals surface area contributed by atoms with Crippen LogP contribution in [-0.4, -0.2) is 39.7 Å². The van der Waals surface area contributed by atoms with Crippen molar-refractivity contribution in [2.45, 2.75) is 18.0 Å². The van der Waals surface area contributed by atoms with Gasteiger partial charge in [-0.05, 0) is 59.3 Å². The number of nitrogens with zero attached hydrogens (tertiary/aromatic N) is 2. The Morgan fingerprint density at radius 3 is 2.51 bits per heavy atom. The maximum atomic E-state index is 13.8. The fourth-order valence-electron chi connectivity index (χ4n) is 3.65. The lowest BCUT2D eigenvalue weighted by Gasteiger charge is -2.19. The number of oxazole rings is 1. The molecule has 0 aliphatic carbocycles. The van der Waals surface area contributed by atoms with Gasteiger partial charge in [-0.25, -0.2) is 13.8 Å². The van der Waals surface area contributed by atoms with E-state index in [1.807, 2.05) is 0 Å². The van der Waals surface area contributed by atoms with Gasteiger partial charge in [-0.15, -0.1) is 11.8 Å². The Labute approximate surface area is 215 Å². The molecule has 0 spiro atoms. The van der Waals surface area contributed by atoms with Gasteiger partial charge in [0.2, 0.25) is 5.89 Å². The first kappa shape index (κ1) is 25.9. The molecule has 0 saturated carbocycles. The van der Waals surface area contributed by atoms with E-state index < -0.39 is 30.1 Å². The van der Waals surface area contributed by atoms with E-state index in [0.717, 1.165) is 4.90 Å². The number of carbonyl (C=O) groups is 2. The molecule has 1 N–H and O–H groups in total. The van der Waals surface area contributed by atoms with Crippen LogP contribution in [0.15, 0.2) is 82.4 Å². The third kappa shape index (κ3) is 6.53. The monoisotopic (exact) mass is 524 g/mol. The molecule has 0 aliphatic rings. The molecule has 190 valence electrons. The van der Waals surface area contributed by atoms with Crippen molar-refractivity contribution in [2.24, 2.45) is 0 Å². The number of amides is 1. The van der Waals surface area contributed by atoms with E-state index in [-0.39, 0.29) is 19.0 Å². The highest BCUT2D eigenvalue weighted by Crippen LogP contribution is 2.33. The third-order valence-electron chi connectivity index (χ3n) is 5.41. The lowest BCUT2D eigenvalue weighted by Crippen LogP contribution is -2.35. The molecule has 0 saturated heterocycles. The number of aromatic nitrogens is 1. The second-order valence-corrected chi connectivity index (χ2v) is 8.81. The van der Waals surface area contributed by atoms with E-state index >= 15 is 0 Å². The van der Waals surface area contributed by atoms with Gasteiger partial charge in [-0.3, -0.25) is 9.59 Å². The van der Waals surface area contributed by atoms with Crippen LogP contribution in [0.4, 0.5) is 8.78 Å². The molecule has 0 atom stereocenters. The number of hydrogen-bond acceptors (Lipinski definition) is 6. The third-order valence-corrected chi connectivity index (χ3v) is 6.19. The van der Waals surface area contributed by atoms with Gasteiger partial charge in [0.25, 0.3) is 5.91 Å². The molecule has 1 heterocycles. The molecule has 3 aromatic carbocycles. The molecule has 0 fully saturated rings. The number of halogens is 2. The summed E-state index contributed by atoms with van der Waals surface area (Å²) in [6.45, 7) is -0.438. The number of thioether (sulfide) groups is 1. The van der Waals surface area contributed by atoms with Gasteiger partial charge in [0.15, 0.2) is 11.6 Å². The summed E-state index contributed by atoms with van der Waals surface area (Å²) < 4.78 is 38.4. The first-order valence-corrected chi connectivity index (χ1v) is 12.3. The maximum Gasteiger partial charge on any atom is 0.323 e. The maximum absolute atomic E-state index is 13.8. The first-order chi connectivity index (χ1) is 17.8. The van der Waals surface area contributed by atoms with Crippen LogP contribution in [0.2, 0.25) is 0 Å². The number of hydrogen-bond donors (Lipinski definition) is 1. The van der Waals surface area contributed by atoms with Crippen LogP contribution in [0.25, 0.3) is 11.1 Å². The predicted molar refractivity (Wildman–Crippen MR) is 133 cm³/mol. The van der Waals surface area contributed by atoms with Crippen LogP contribution in [-0.2, 0) is 17.9 Å². The zero-order chi connectivity index (χ0) is 26.4. The first-order valence-electron chi connectivity index (χ1n) is 11.1. The predicted octanol–water partition coefficient (Wildman–Crippen LogP) is 5.65. The molecule has 10 heteroatoms. The zero-order valence-corrected chi connectivity index (χ0v) is 20.5. The smallest absolute Gasteiger partial charge is 0.323 e. The largest absolute Gasteiger partial charge is 0.489 e. The molecule has 0 radical (unpaired) electrons. The SMILES string of the molecule is CSc1cc(F)c(F)cc1-c1ccc(OCc2cccc(C(=O)N(CC(=O)O)Cc3ncco3)c2)cc1. The number of ether oxygens (including phenoxy) is 1. The van der Waals surface area contributed by atoms with Crippen LogP contribution < -0.4 is 4.74 Å². The molecule has 0 bridgehead atoms. The Balaban J connectivity index is 1.45. The van der Waals surface area contributed by atoms with E-state index in [4.69, 9.17) is 9.15 Å². The van der Waals surface area contributed by atoms with Crippen molar-refractivity contribution in [3.63, 3.8) is 0 Å².